The number of thioether (sulfide) groups is 1. The molecule has 3 nitrogen and oxygen atoms in total. The van der Waals surface area contributed by atoms with Gasteiger partial charge in [-0.15, -0.1) is 11.8 Å². The summed E-state index contributed by atoms with van der Waals surface area (Å²) in [6.45, 7) is 4.72. The van der Waals surface area contributed by atoms with Gasteiger partial charge in [0.1, 0.15) is 5.75 Å². The van der Waals surface area contributed by atoms with Gasteiger partial charge in [0.05, 0.1) is 19.2 Å². The minimum absolute atomic E-state index is 0.0279. The molecule has 0 saturated heterocycles. The Bertz CT molecular complexity index is 1250. The van der Waals surface area contributed by atoms with Gasteiger partial charge in [-0.2, -0.15) is 0 Å². The zero-order valence-electron chi connectivity index (χ0n) is 19.8. The summed E-state index contributed by atoms with van der Waals surface area (Å²) in [7, 11) is 1.64. The molecular formula is C30H29NO2S. The summed E-state index contributed by atoms with van der Waals surface area (Å²) in [5.41, 5.74) is 4.84. The second-order valence-electron chi connectivity index (χ2n) is 8.28. The normalized spacial score (nSPS) is 10.8. The third-order valence-corrected chi connectivity index (χ3v) is 6.60. The second kappa shape index (κ2) is 11.1. The van der Waals surface area contributed by atoms with Crippen LogP contribution in [0.25, 0.3) is 11.1 Å². The lowest BCUT2D eigenvalue weighted by atomic mass is 9.99. The largest absolute Gasteiger partial charge is 0.497 e. The zero-order chi connectivity index (χ0) is 23.9. The van der Waals surface area contributed by atoms with Crippen molar-refractivity contribution >= 4 is 23.4 Å². The minimum atomic E-state index is -0.0279. The average Bonchev–Trinajstić information content (AvgIpc) is 2.87. The van der Waals surface area contributed by atoms with Gasteiger partial charge in [0, 0.05) is 21.9 Å². The number of ether oxygens (including phenoxy) is 1. The van der Waals surface area contributed by atoms with Gasteiger partial charge < -0.3 is 9.64 Å². The summed E-state index contributed by atoms with van der Waals surface area (Å²) >= 11 is 1.71. The number of methoxy groups -OCH3 is 1. The van der Waals surface area contributed by atoms with Gasteiger partial charge in [-0.3, -0.25) is 4.79 Å². The molecule has 0 aliphatic rings. The number of hydrogen-bond acceptors (Lipinski definition) is 3. The first-order valence-corrected chi connectivity index (χ1v) is 12.3. The van der Waals surface area contributed by atoms with Crippen molar-refractivity contribution in [3.05, 3.63) is 114 Å². The lowest BCUT2D eigenvalue weighted by Crippen LogP contribution is -2.31. The van der Waals surface area contributed by atoms with Gasteiger partial charge in [-0.05, 0) is 41.0 Å². The van der Waals surface area contributed by atoms with E-state index in [9.17, 15) is 4.79 Å². The zero-order valence-corrected chi connectivity index (χ0v) is 20.6. The van der Waals surface area contributed by atoms with Gasteiger partial charge in [-0.1, -0.05) is 86.6 Å². The van der Waals surface area contributed by atoms with Crippen LogP contribution in [0.15, 0.2) is 108 Å². The molecule has 4 heteroatoms. The maximum atomic E-state index is 14.1. The molecule has 4 rings (SSSR count). The number of carbonyl (C=O) groups excluding carboxylic acids is 1. The quantitative estimate of drug-likeness (QED) is 0.249. The van der Waals surface area contributed by atoms with Crippen molar-refractivity contribution in [1.29, 1.82) is 0 Å². The predicted molar refractivity (Wildman–Crippen MR) is 143 cm³/mol. The van der Waals surface area contributed by atoms with E-state index in [0.717, 1.165) is 33.0 Å². The maximum Gasteiger partial charge on any atom is 0.259 e. The maximum absolute atomic E-state index is 14.1. The van der Waals surface area contributed by atoms with E-state index in [1.54, 1.807) is 18.9 Å². The van der Waals surface area contributed by atoms with Gasteiger partial charge in [0.2, 0.25) is 0 Å². The average molecular weight is 468 g/mol. The number of anilines is 1. The van der Waals surface area contributed by atoms with Crippen molar-refractivity contribution in [3.8, 4) is 16.9 Å². The van der Waals surface area contributed by atoms with Crippen molar-refractivity contribution < 1.29 is 9.53 Å². The monoisotopic (exact) mass is 467 g/mol. The van der Waals surface area contributed by atoms with Crippen LogP contribution in [-0.2, 0) is 6.54 Å². The summed E-state index contributed by atoms with van der Waals surface area (Å²) in [6, 6.07) is 34.1. The number of benzene rings is 4. The first kappa shape index (κ1) is 23.7. The molecule has 0 bridgehead atoms. The number of nitrogens with zero attached hydrogens (tertiary/aromatic N) is 1. The van der Waals surface area contributed by atoms with E-state index in [4.69, 9.17) is 4.74 Å². The van der Waals surface area contributed by atoms with E-state index in [0.29, 0.717) is 17.4 Å². The predicted octanol–water partition coefficient (Wildman–Crippen LogP) is 7.71. The Balaban J connectivity index is 1.79. The van der Waals surface area contributed by atoms with E-state index in [-0.39, 0.29) is 5.91 Å². The van der Waals surface area contributed by atoms with Gasteiger partial charge in [-0.25, -0.2) is 0 Å². The molecule has 0 unspecified atom stereocenters. The van der Waals surface area contributed by atoms with E-state index in [1.165, 1.54) is 0 Å². The number of amides is 1. The summed E-state index contributed by atoms with van der Waals surface area (Å²) in [4.78, 5) is 16.9. The molecular weight excluding hydrogens is 438 g/mol. The van der Waals surface area contributed by atoms with Crippen LogP contribution < -0.4 is 9.64 Å². The fourth-order valence-corrected chi connectivity index (χ4v) is 4.88. The lowest BCUT2D eigenvalue weighted by molar-refractivity contribution is 0.0982. The molecule has 0 spiro atoms. The number of carbonyl (C=O) groups is 1. The van der Waals surface area contributed by atoms with Crippen LogP contribution in [0.4, 0.5) is 5.69 Å². The first-order chi connectivity index (χ1) is 16.6. The van der Waals surface area contributed by atoms with Crippen molar-refractivity contribution in [1.82, 2.24) is 0 Å². The highest BCUT2D eigenvalue weighted by molar-refractivity contribution is 8.00. The Morgan fingerprint density at radius 2 is 1.56 bits per heavy atom. The molecule has 1 amide bonds. The molecule has 0 aromatic heterocycles. The number of rotatable bonds is 8. The summed E-state index contributed by atoms with van der Waals surface area (Å²) in [6.07, 6.45) is 0. The fraction of sp³-hybridized carbons (Fsp3) is 0.167. The summed E-state index contributed by atoms with van der Waals surface area (Å²) in [5, 5.41) is 0.373. The van der Waals surface area contributed by atoms with Gasteiger partial charge >= 0.3 is 0 Å². The molecule has 172 valence electrons. The van der Waals surface area contributed by atoms with Crippen LogP contribution in [0, 0.1) is 0 Å². The van der Waals surface area contributed by atoms with Crippen LogP contribution >= 0.6 is 11.8 Å². The molecule has 0 fully saturated rings. The second-order valence-corrected chi connectivity index (χ2v) is 9.90. The summed E-state index contributed by atoms with van der Waals surface area (Å²) < 4.78 is 5.47. The van der Waals surface area contributed by atoms with E-state index < -0.39 is 0 Å². The molecule has 34 heavy (non-hydrogen) atoms. The molecule has 0 aliphatic carbocycles. The Morgan fingerprint density at radius 3 is 2.32 bits per heavy atom. The topological polar surface area (TPSA) is 29.5 Å². The van der Waals surface area contributed by atoms with Gasteiger partial charge in [0.25, 0.3) is 5.91 Å². The Hall–Kier alpha value is -3.50. The highest BCUT2D eigenvalue weighted by Crippen LogP contribution is 2.32. The van der Waals surface area contributed by atoms with Crippen LogP contribution in [-0.4, -0.2) is 18.3 Å². The smallest absolute Gasteiger partial charge is 0.259 e. The molecule has 4 aromatic rings. The molecule has 0 N–H and O–H groups in total. The van der Waals surface area contributed by atoms with E-state index >= 15 is 0 Å². The third-order valence-electron chi connectivity index (χ3n) is 5.52. The van der Waals surface area contributed by atoms with Crippen molar-refractivity contribution in [2.24, 2.45) is 0 Å². The van der Waals surface area contributed by atoms with Crippen LogP contribution in [0.3, 0.4) is 0 Å². The van der Waals surface area contributed by atoms with Crippen molar-refractivity contribution in [2.45, 2.75) is 30.5 Å². The highest BCUT2D eigenvalue weighted by atomic mass is 32.2. The molecule has 0 saturated carbocycles. The molecule has 0 heterocycles. The van der Waals surface area contributed by atoms with E-state index in [1.807, 2.05) is 83.8 Å². The SMILES string of the molecule is COc1cccc(N(Cc2ccccc2-c2ccccc2)C(=O)c2ccccc2SC(C)C)c1. The molecule has 0 radical (unpaired) electrons. The van der Waals surface area contributed by atoms with Gasteiger partial charge in [0.15, 0.2) is 0 Å². The van der Waals surface area contributed by atoms with Crippen molar-refractivity contribution in [2.75, 3.05) is 12.0 Å². The summed E-state index contributed by atoms with van der Waals surface area (Å²) in [5.74, 6) is 0.691. The Kier molecular flexibility index (Phi) is 7.71. The van der Waals surface area contributed by atoms with E-state index in [2.05, 4.69) is 38.1 Å². The van der Waals surface area contributed by atoms with Crippen molar-refractivity contribution in [3.63, 3.8) is 0 Å². The standard InChI is InChI=1S/C30H29NO2S/c1-22(2)34-29-19-10-9-18-28(29)30(32)31(25-15-11-16-26(20-25)33-3)21-24-14-7-8-17-27(24)23-12-5-4-6-13-23/h4-20,22H,21H2,1-3H3. The molecule has 0 aliphatic heterocycles. The Morgan fingerprint density at radius 1 is 0.853 bits per heavy atom. The molecule has 4 aromatic carbocycles. The van der Waals surface area contributed by atoms with Crippen LogP contribution in [0.1, 0.15) is 29.8 Å². The van der Waals surface area contributed by atoms with Crippen LogP contribution in [0.5, 0.6) is 5.75 Å². The van der Waals surface area contributed by atoms with Crippen LogP contribution in [0.2, 0.25) is 0 Å². The lowest BCUT2D eigenvalue weighted by Gasteiger charge is -2.26. The minimum Gasteiger partial charge on any atom is -0.497 e. The molecule has 0 atom stereocenters. The highest BCUT2D eigenvalue weighted by Gasteiger charge is 2.23. The number of hydrogen-bond donors (Lipinski definition) is 0. The Labute approximate surface area is 206 Å². The third kappa shape index (κ3) is 5.52. The first-order valence-electron chi connectivity index (χ1n) is 11.4. The fourth-order valence-electron chi connectivity index (χ4n) is 3.93.